The summed E-state index contributed by atoms with van der Waals surface area (Å²) in [6.07, 6.45) is 0. The van der Waals surface area contributed by atoms with Crippen molar-refractivity contribution in [2.24, 2.45) is 5.92 Å². The molecule has 0 fully saturated rings. The smallest absolute Gasteiger partial charge is 0.272 e. The van der Waals surface area contributed by atoms with Crippen molar-refractivity contribution in [2.75, 3.05) is 6.61 Å². The molecule has 1 aromatic rings. The van der Waals surface area contributed by atoms with Gasteiger partial charge in [0.15, 0.2) is 0 Å². The maximum Gasteiger partial charge on any atom is 0.272 e. The Morgan fingerprint density at radius 1 is 1.47 bits per heavy atom. The number of non-ortho nitro benzene ring substituents is 1. The van der Waals surface area contributed by atoms with E-state index in [9.17, 15) is 14.5 Å². The second-order valence-electron chi connectivity index (χ2n) is 4.10. The molecule has 0 heterocycles. The van der Waals surface area contributed by atoms with Crippen LogP contribution in [0.1, 0.15) is 19.4 Å². The highest BCUT2D eigenvalue weighted by molar-refractivity contribution is 5.35. The number of nitrogens with one attached hydrogen (secondary N) is 1. The molecule has 6 heteroatoms. The zero-order chi connectivity index (χ0) is 12.8. The number of hydrogen-bond acceptors (Lipinski definition) is 4. The Morgan fingerprint density at radius 3 is 2.76 bits per heavy atom. The summed E-state index contributed by atoms with van der Waals surface area (Å²) in [5, 5.41) is 10.5. The first-order chi connectivity index (χ1) is 7.99. The predicted octanol–water partition coefficient (Wildman–Crippen LogP) is 2.41. The second-order valence-corrected chi connectivity index (χ2v) is 4.10. The molecule has 5 nitrogen and oxygen atoms in total. The summed E-state index contributed by atoms with van der Waals surface area (Å²) in [5.41, 5.74) is 2.85. The maximum atomic E-state index is 13.1. The van der Waals surface area contributed by atoms with Crippen LogP contribution in [0.2, 0.25) is 0 Å². The monoisotopic (exact) mass is 242 g/mol. The van der Waals surface area contributed by atoms with Crippen LogP contribution in [0, 0.1) is 21.8 Å². The summed E-state index contributed by atoms with van der Waals surface area (Å²) in [4.78, 5) is 15.0. The number of nitrogens with zero attached hydrogens (tertiary/aromatic N) is 1. The van der Waals surface area contributed by atoms with Gasteiger partial charge in [-0.15, -0.1) is 0 Å². The number of hydrogen-bond donors (Lipinski definition) is 1. The fourth-order valence-corrected chi connectivity index (χ4v) is 1.20. The number of nitro benzene ring substituents is 1. The Labute approximate surface area is 98.7 Å². The van der Waals surface area contributed by atoms with E-state index in [1.807, 2.05) is 13.8 Å². The van der Waals surface area contributed by atoms with E-state index >= 15 is 0 Å². The lowest BCUT2D eigenvalue weighted by Crippen LogP contribution is -2.17. The average Bonchev–Trinajstić information content (AvgIpc) is 2.23. The number of nitro groups is 1. The zero-order valence-corrected chi connectivity index (χ0v) is 9.77. The van der Waals surface area contributed by atoms with Crippen LogP contribution >= 0.6 is 0 Å². The molecule has 94 valence electrons. The fourth-order valence-electron chi connectivity index (χ4n) is 1.20. The molecule has 0 amide bonds. The van der Waals surface area contributed by atoms with E-state index in [0.29, 0.717) is 18.1 Å². The summed E-state index contributed by atoms with van der Waals surface area (Å²) >= 11 is 0. The summed E-state index contributed by atoms with van der Waals surface area (Å²) in [6.45, 7) is 4.74. The minimum atomic E-state index is -0.625. The van der Waals surface area contributed by atoms with E-state index in [1.165, 1.54) is 12.1 Å². The van der Waals surface area contributed by atoms with Gasteiger partial charge in [-0.2, -0.15) is 5.48 Å². The van der Waals surface area contributed by atoms with Gasteiger partial charge in [-0.1, -0.05) is 13.8 Å². The third kappa shape index (κ3) is 4.88. The predicted molar refractivity (Wildman–Crippen MR) is 60.7 cm³/mol. The molecule has 0 atom stereocenters. The summed E-state index contributed by atoms with van der Waals surface area (Å²) in [7, 11) is 0. The van der Waals surface area contributed by atoms with Crippen molar-refractivity contribution in [1.29, 1.82) is 0 Å². The molecule has 1 N–H and O–H groups in total. The van der Waals surface area contributed by atoms with Crippen molar-refractivity contribution in [3.8, 4) is 0 Å². The van der Waals surface area contributed by atoms with Gasteiger partial charge >= 0.3 is 0 Å². The second kappa shape index (κ2) is 6.27. The van der Waals surface area contributed by atoms with Gasteiger partial charge in [0, 0.05) is 12.6 Å². The van der Waals surface area contributed by atoms with Gasteiger partial charge in [0.2, 0.25) is 0 Å². The molecule has 17 heavy (non-hydrogen) atoms. The van der Waals surface area contributed by atoms with Crippen LogP contribution in [0.4, 0.5) is 10.1 Å². The van der Waals surface area contributed by atoms with Crippen LogP contribution in [-0.2, 0) is 11.4 Å². The molecule has 0 radical (unpaired) electrons. The first-order valence-corrected chi connectivity index (χ1v) is 5.27. The quantitative estimate of drug-likeness (QED) is 0.472. The lowest BCUT2D eigenvalue weighted by atomic mass is 10.2. The molecule has 1 rings (SSSR count). The van der Waals surface area contributed by atoms with Crippen LogP contribution < -0.4 is 5.48 Å². The Bertz CT molecular complexity index is 396. The average molecular weight is 242 g/mol. The molecule has 0 aliphatic rings. The first kappa shape index (κ1) is 13.5. The molecule has 1 aromatic carbocycles. The van der Waals surface area contributed by atoms with Crippen LogP contribution in [-0.4, -0.2) is 11.5 Å². The molecule has 0 spiro atoms. The van der Waals surface area contributed by atoms with Crippen LogP contribution in [0.5, 0.6) is 0 Å². The van der Waals surface area contributed by atoms with E-state index in [-0.39, 0.29) is 12.2 Å². The molecule has 0 saturated heterocycles. The van der Waals surface area contributed by atoms with Crippen molar-refractivity contribution >= 4 is 5.69 Å². The molecular formula is C11H15FN2O3. The van der Waals surface area contributed by atoms with E-state index < -0.39 is 10.7 Å². The standard InChI is InChI=1S/C11H15FN2O3/c1-8(2)7-17-13-6-9-3-10(12)5-11(4-9)14(15)16/h3-5,8,13H,6-7H2,1-2H3. The zero-order valence-electron chi connectivity index (χ0n) is 9.77. The number of benzene rings is 1. The number of hydroxylamine groups is 1. The van der Waals surface area contributed by atoms with Crippen molar-refractivity contribution in [2.45, 2.75) is 20.4 Å². The molecule has 0 unspecified atom stereocenters. The summed E-state index contributed by atoms with van der Waals surface area (Å²) in [6, 6.07) is 3.44. The van der Waals surface area contributed by atoms with Crippen LogP contribution in [0.25, 0.3) is 0 Å². The van der Waals surface area contributed by atoms with Gasteiger partial charge in [0.25, 0.3) is 5.69 Å². The molecule has 0 saturated carbocycles. The normalized spacial score (nSPS) is 10.8. The Kier molecular flexibility index (Phi) is 4.99. The third-order valence-corrected chi connectivity index (χ3v) is 1.95. The van der Waals surface area contributed by atoms with Crippen molar-refractivity contribution in [1.82, 2.24) is 5.48 Å². The fraction of sp³-hybridized carbons (Fsp3) is 0.455. The van der Waals surface area contributed by atoms with Gasteiger partial charge in [-0.3, -0.25) is 10.1 Å². The van der Waals surface area contributed by atoms with E-state index in [1.54, 1.807) is 0 Å². The minimum Gasteiger partial charge on any atom is -0.301 e. The molecule has 0 aliphatic heterocycles. The lowest BCUT2D eigenvalue weighted by molar-refractivity contribution is -0.385. The maximum absolute atomic E-state index is 13.1. The van der Waals surface area contributed by atoms with Gasteiger partial charge in [-0.25, -0.2) is 4.39 Å². The van der Waals surface area contributed by atoms with E-state index in [4.69, 9.17) is 4.84 Å². The highest BCUT2D eigenvalue weighted by atomic mass is 19.1. The molecular weight excluding hydrogens is 227 g/mol. The van der Waals surface area contributed by atoms with Crippen LogP contribution in [0.15, 0.2) is 18.2 Å². The van der Waals surface area contributed by atoms with Gasteiger partial charge in [0.05, 0.1) is 17.6 Å². The van der Waals surface area contributed by atoms with E-state index in [2.05, 4.69) is 5.48 Å². The van der Waals surface area contributed by atoms with Crippen molar-refractivity contribution in [3.05, 3.63) is 39.7 Å². The lowest BCUT2D eigenvalue weighted by Gasteiger charge is -2.07. The number of rotatable bonds is 6. The Morgan fingerprint density at radius 2 is 2.18 bits per heavy atom. The highest BCUT2D eigenvalue weighted by Gasteiger charge is 2.09. The summed E-state index contributed by atoms with van der Waals surface area (Å²) < 4.78 is 13.1. The van der Waals surface area contributed by atoms with Crippen molar-refractivity contribution < 1.29 is 14.2 Å². The molecule has 0 bridgehead atoms. The topological polar surface area (TPSA) is 64.4 Å². The first-order valence-electron chi connectivity index (χ1n) is 5.27. The third-order valence-electron chi connectivity index (χ3n) is 1.95. The van der Waals surface area contributed by atoms with Gasteiger partial charge < -0.3 is 4.84 Å². The van der Waals surface area contributed by atoms with Gasteiger partial charge in [0.1, 0.15) is 5.82 Å². The highest BCUT2D eigenvalue weighted by Crippen LogP contribution is 2.16. The largest absolute Gasteiger partial charge is 0.301 e. The SMILES string of the molecule is CC(C)CONCc1cc(F)cc([N+](=O)[O-])c1. The van der Waals surface area contributed by atoms with Crippen molar-refractivity contribution in [3.63, 3.8) is 0 Å². The Hall–Kier alpha value is -1.53. The van der Waals surface area contributed by atoms with E-state index in [0.717, 1.165) is 6.07 Å². The Balaban J connectivity index is 2.56. The minimum absolute atomic E-state index is 0.228. The molecule has 0 aliphatic carbocycles. The molecule has 0 aromatic heterocycles. The number of halogens is 1. The van der Waals surface area contributed by atoms with Crippen LogP contribution in [0.3, 0.4) is 0 Å². The van der Waals surface area contributed by atoms with Gasteiger partial charge in [-0.05, 0) is 17.5 Å². The summed E-state index contributed by atoms with van der Waals surface area (Å²) in [5.74, 6) is -0.246.